The van der Waals surface area contributed by atoms with Gasteiger partial charge >= 0.3 is 0 Å². The Kier molecular flexibility index (Phi) is 5.35. The highest BCUT2D eigenvalue weighted by molar-refractivity contribution is 5.90. The second-order valence-corrected chi connectivity index (χ2v) is 4.35. The minimum atomic E-state index is -0.731. The highest BCUT2D eigenvalue weighted by atomic mass is 16.3. The molecule has 0 aromatic heterocycles. The van der Waals surface area contributed by atoms with E-state index in [4.69, 9.17) is 0 Å². The van der Waals surface area contributed by atoms with E-state index in [0.29, 0.717) is 0 Å². The summed E-state index contributed by atoms with van der Waals surface area (Å²) in [6, 6.07) is 0. The van der Waals surface area contributed by atoms with Crippen molar-refractivity contribution < 1.29 is 5.11 Å². The van der Waals surface area contributed by atoms with Crippen LogP contribution in [0.3, 0.4) is 0 Å². The largest absolute Gasteiger partial charge is 0.383 e. The van der Waals surface area contributed by atoms with Gasteiger partial charge in [0.1, 0.15) is 5.60 Å². The van der Waals surface area contributed by atoms with Crippen molar-refractivity contribution in [3.63, 3.8) is 0 Å². The molecular weight excluding hydrogens is 174 g/mol. The summed E-state index contributed by atoms with van der Waals surface area (Å²) in [6.45, 7) is 13.0. The lowest BCUT2D eigenvalue weighted by molar-refractivity contribution is 0.0103. The zero-order valence-electron chi connectivity index (χ0n) is 10.5. The van der Waals surface area contributed by atoms with E-state index in [-0.39, 0.29) is 11.8 Å². The van der Waals surface area contributed by atoms with E-state index in [1.165, 1.54) is 0 Å². The number of hydrogen-bond donors (Lipinski definition) is 1. The molecule has 2 unspecified atom stereocenters. The first-order valence-corrected chi connectivity index (χ1v) is 5.65. The molecule has 0 aromatic carbocycles. The van der Waals surface area contributed by atoms with E-state index in [2.05, 4.69) is 32.7 Å². The fourth-order valence-corrected chi connectivity index (χ4v) is 2.02. The van der Waals surface area contributed by atoms with Crippen LogP contribution in [-0.2, 0) is 0 Å². The average Bonchev–Trinajstić information content (AvgIpc) is 2.15. The Morgan fingerprint density at radius 3 is 2.07 bits per heavy atom. The lowest BCUT2D eigenvalue weighted by Gasteiger charge is -2.37. The molecule has 0 aromatic rings. The van der Waals surface area contributed by atoms with E-state index >= 15 is 0 Å². The third-order valence-corrected chi connectivity index (χ3v) is 3.22. The molecule has 0 saturated carbocycles. The summed E-state index contributed by atoms with van der Waals surface area (Å²) in [5.74, 6) is 0.477. The van der Waals surface area contributed by atoms with Gasteiger partial charge in [0.15, 0.2) is 0 Å². The SMILES string of the molecule is CC/N=C(/C)C(O)(C(C)C)C(C)CC. The van der Waals surface area contributed by atoms with Crippen molar-refractivity contribution in [1.82, 2.24) is 0 Å². The number of rotatable bonds is 5. The molecular formula is C12H25NO. The number of aliphatic imine (C=N–C) groups is 1. The summed E-state index contributed by atoms with van der Waals surface area (Å²) < 4.78 is 0. The topological polar surface area (TPSA) is 32.6 Å². The standard InChI is InChI=1S/C12H25NO/c1-7-10(5)12(14,9(3)4)11(6)13-8-2/h9-10,14H,7-8H2,1-6H3/b13-11-. The molecule has 0 rings (SSSR count). The van der Waals surface area contributed by atoms with Crippen molar-refractivity contribution in [3.05, 3.63) is 0 Å². The van der Waals surface area contributed by atoms with Gasteiger partial charge in [0, 0.05) is 12.3 Å². The van der Waals surface area contributed by atoms with Gasteiger partial charge in [-0.15, -0.1) is 0 Å². The Hall–Kier alpha value is -0.370. The van der Waals surface area contributed by atoms with E-state index in [1.807, 2.05) is 13.8 Å². The zero-order chi connectivity index (χ0) is 11.4. The maximum atomic E-state index is 10.6. The van der Waals surface area contributed by atoms with E-state index in [1.54, 1.807) is 0 Å². The van der Waals surface area contributed by atoms with Crippen LogP contribution in [0.2, 0.25) is 0 Å². The quantitative estimate of drug-likeness (QED) is 0.678. The van der Waals surface area contributed by atoms with Crippen molar-refractivity contribution in [1.29, 1.82) is 0 Å². The molecule has 0 aliphatic rings. The van der Waals surface area contributed by atoms with Crippen molar-refractivity contribution in [2.75, 3.05) is 6.54 Å². The first kappa shape index (κ1) is 13.6. The van der Waals surface area contributed by atoms with Crippen LogP contribution in [0.1, 0.15) is 48.0 Å². The van der Waals surface area contributed by atoms with Gasteiger partial charge < -0.3 is 5.11 Å². The number of aliphatic hydroxyl groups is 1. The molecule has 0 heterocycles. The molecule has 14 heavy (non-hydrogen) atoms. The van der Waals surface area contributed by atoms with Crippen LogP contribution in [-0.4, -0.2) is 23.0 Å². The molecule has 0 aliphatic carbocycles. The molecule has 0 fully saturated rings. The van der Waals surface area contributed by atoms with Gasteiger partial charge in [-0.2, -0.15) is 0 Å². The fraction of sp³-hybridized carbons (Fsp3) is 0.917. The van der Waals surface area contributed by atoms with Crippen LogP contribution in [0.4, 0.5) is 0 Å². The lowest BCUT2D eigenvalue weighted by Crippen LogP contribution is -2.48. The van der Waals surface area contributed by atoms with Crippen LogP contribution >= 0.6 is 0 Å². The summed E-state index contributed by atoms with van der Waals surface area (Å²) in [5.41, 5.74) is 0.148. The Bertz CT molecular complexity index is 198. The summed E-state index contributed by atoms with van der Waals surface area (Å²) in [6.07, 6.45) is 0.977. The minimum absolute atomic E-state index is 0.216. The van der Waals surface area contributed by atoms with Crippen LogP contribution in [0.5, 0.6) is 0 Å². The third-order valence-electron chi connectivity index (χ3n) is 3.22. The average molecular weight is 199 g/mol. The minimum Gasteiger partial charge on any atom is -0.383 e. The Morgan fingerprint density at radius 1 is 1.29 bits per heavy atom. The number of hydrogen-bond acceptors (Lipinski definition) is 2. The molecule has 0 bridgehead atoms. The molecule has 0 saturated heterocycles. The van der Waals surface area contributed by atoms with E-state index in [9.17, 15) is 5.11 Å². The van der Waals surface area contributed by atoms with Gasteiger partial charge in [-0.1, -0.05) is 34.1 Å². The Balaban J connectivity index is 4.99. The van der Waals surface area contributed by atoms with Gasteiger partial charge in [0.05, 0.1) is 0 Å². The summed E-state index contributed by atoms with van der Waals surface area (Å²) in [5, 5.41) is 10.6. The zero-order valence-corrected chi connectivity index (χ0v) is 10.5. The van der Waals surface area contributed by atoms with Gasteiger partial charge in [-0.3, -0.25) is 4.99 Å². The molecule has 1 N–H and O–H groups in total. The van der Waals surface area contributed by atoms with Gasteiger partial charge in [-0.05, 0) is 25.7 Å². The predicted molar refractivity (Wildman–Crippen MR) is 62.9 cm³/mol. The molecule has 2 nitrogen and oxygen atoms in total. The summed E-state index contributed by atoms with van der Waals surface area (Å²) in [4.78, 5) is 4.35. The first-order valence-electron chi connectivity index (χ1n) is 5.65. The number of nitrogens with zero attached hydrogens (tertiary/aromatic N) is 1. The van der Waals surface area contributed by atoms with Crippen LogP contribution < -0.4 is 0 Å². The smallest absolute Gasteiger partial charge is 0.107 e. The second-order valence-electron chi connectivity index (χ2n) is 4.35. The van der Waals surface area contributed by atoms with Crippen molar-refractivity contribution in [3.8, 4) is 0 Å². The first-order chi connectivity index (χ1) is 6.41. The Morgan fingerprint density at radius 2 is 1.79 bits per heavy atom. The van der Waals surface area contributed by atoms with Gasteiger partial charge in [-0.25, -0.2) is 0 Å². The van der Waals surface area contributed by atoms with Crippen molar-refractivity contribution in [2.45, 2.75) is 53.6 Å². The molecule has 0 amide bonds. The maximum Gasteiger partial charge on any atom is 0.107 e. The third kappa shape index (κ3) is 2.57. The van der Waals surface area contributed by atoms with Crippen LogP contribution in [0.25, 0.3) is 0 Å². The van der Waals surface area contributed by atoms with Crippen LogP contribution in [0, 0.1) is 11.8 Å². The predicted octanol–water partition coefficient (Wildman–Crippen LogP) is 2.90. The lowest BCUT2D eigenvalue weighted by atomic mass is 9.75. The van der Waals surface area contributed by atoms with Crippen LogP contribution in [0.15, 0.2) is 4.99 Å². The molecule has 0 radical (unpaired) electrons. The van der Waals surface area contributed by atoms with Crippen molar-refractivity contribution >= 4 is 5.71 Å². The molecule has 2 atom stereocenters. The van der Waals surface area contributed by atoms with E-state index < -0.39 is 5.60 Å². The Labute approximate surface area is 88.4 Å². The van der Waals surface area contributed by atoms with Crippen molar-refractivity contribution in [2.24, 2.45) is 16.8 Å². The van der Waals surface area contributed by atoms with Gasteiger partial charge in [0.25, 0.3) is 0 Å². The highest BCUT2D eigenvalue weighted by Crippen LogP contribution is 2.30. The monoisotopic (exact) mass is 199 g/mol. The molecule has 0 spiro atoms. The summed E-state index contributed by atoms with van der Waals surface area (Å²) >= 11 is 0. The highest BCUT2D eigenvalue weighted by Gasteiger charge is 2.38. The molecule has 84 valence electrons. The second kappa shape index (κ2) is 5.50. The fourth-order valence-electron chi connectivity index (χ4n) is 2.02. The normalized spacial score (nSPS) is 19.6. The molecule has 2 heteroatoms. The molecule has 0 aliphatic heterocycles. The maximum absolute atomic E-state index is 10.6. The van der Waals surface area contributed by atoms with E-state index in [0.717, 1.165) is 18.7 Å². The summed E-state index contributed by atoms with van der Waals surface area (Å²) in [7, 11) is 0. The van der Waals surface area contributed by atoms with Gasteiger partial charge in [0.2, 0.25) is 0 Å².